The first-order valence-corrected chi connectivity index (χ1v) is 12.1. The largest absolute Gasteiger partial charge is 0.493 e. The Morgan fingerprint density at radius 3 is 2.94 bits per heavy atom. The number of carbonyl (C=O) groups is 1. The number of rotatable bonds is 4. The van der Waals surface area contributed by atoms with E-state index in [2.05, 4.69) is 46.7 Å². The van der Waals surface area contributed by atoms with Gasteiger partial charge in [-0.05, 0) is 65.1 Å². The molecule has 0 spiro atoms. The van der Waals surface area contributed by atoms with Gasteiger partial charge in [0.15, 0.2) is 0 Å². The molecule has 1 aliphatic carbocycles. The van der Waals surface area contributed by atoms with Crippen LogP contribution < -0.4 is 15.0 Å². The maximum Gasteiger partial charge on any atom is 0.251 e. The fourth-order valence-corrected chi connectivity index (χ4v) is 5.17. The number of hydrogen-bond donors (Lipinski definition) is 1. The van der Waals surface area contributed by atoms with Gasteiger partial charge in [0, 0.05) is 44.9 Å². The van der Waals surface area contributed by atoms with Crippen LogP contribution in [-0.4, -0.2) is 49.1 Å². The van der Waals surface area contributed by atoms with Crippen molar-refractivity contribution in [2.45, 2.75) is 18.9 Å². The molecule has 6 rings (SSSR count). The van der Waals surface area contributed by atoms with Crippen molar-refractivity contribution in [3.63, 3.8) is 0 Å². The van der Waals surface area contributed by atoms with Crippen LogP contribution in [0.2, 0.25) is 0 Å². The summed E-state index contributed by atoms with van der Waals surface area (Å²) in [4.78, 5) is 21.9. The summed E-state index contributed by atoms with van der Waals surface area (Å²) >= 11 is 0. The first-order chi connectivity index (χ1) is 17.1. The molecule has 1 atom stereocenters. The van der Waals surface area contributed by atoms with Crippen LogP contribution in [0.3, 0.4) is 0 Å². The molecule has 0 bridgehead atoms. The lowest BCUT2D eigenvalue weighted by molar-refractivity contribution is -0.123. The van der Waals surface area contributed by atoms with E-state index in [1.807, 2.05) is 48.2 Å². The van der Waals surface area contributed by atoms with Crippen LogP contribution in [-0.2, 0) is 11.2 Å². The van der Waals surface area contributed by atoms with Gasteiger partial charge in [0.05, 0.1) is 24.0 Å². The Hall–Kier alpha value is -4.06. The number of amides is 1. The standard InChI is InChI=1S/C29H28N4O2/c1-32(2)26-11-7-19(18-30-26)8-12-27(34)33-15-13-23-22-5-3-4-6-24(22)31-28(23)29(33)21-9-10-25-20(17-21)14-16-35-25/h3-12,17-18,24,31H,13-16H2,1-2H3/b12-8+/t24-/m1/s1. The van der Waals surface area contributed by atoms with Gasteiger partial charge in [-0.2, -0.15) is 0 Å². The van der Waals surface area contributed by atoms with Crippen molar-refractivity contribution < 1.29 is 9.53 Å². The third-order valence-corrected chi connectivity index (χ3v) is 6.94. The smallest absolute Gasteiger partial charge is 0.251 e. The molecule has 0 fully saturated rings. The van der Waals surface area contributed by atoms with Gasteiger partial charge in [0.1, 0.15) is 11.6 Å². The topological polar surface area (TPSA) is 57.7 Å². The van der Waals surface area contributed by atoms with Crippen molar-refractivity contribution in [3.05, 3.63) is 100 Å². The van der Waals surface area contributed by atoms with Crippen molar-refractivity contribution in [2.75, 3.05) is 32.1 Å². The monoisotopic (exact) mass is 464 g/mol. The Kier molecular flexibility index (Phi) is 5.29. The molecule has 35 heavy (non-hydrogen) atoms. The summed E-state index contributed by atoms with van der Waals surface area (Å²) in [5, 5.41) is 3.69. The summed E-state index contributed by atoms with van der Waals surface area (Å²) in [6.45, 7) is 1.35. The summed E-state index contributed by atoms with van der Waals surface area (Å²) < 4.78 is 5.73. The first kappa shape index (κ1) is 21.5. The average Bonchev–Trinajstić information content (AvgIpc) is 3.51. The summed E-state index contributed by atoms with van der Waals surface area (Å²) in [7, 11) is 3.92. The molecule has 1 aromatic carbocycles. The zero-order chi connectivity index (χ0) is 23.9. The summed E-state index contributed by atoms with van der Waals surface area (Å²) in [5.41, 5.74) is 7.75. The molecule has 0 unspecified atom stereocenters. The number of carbonyl (C=O) groups excluding carboxylic acids is 1. The number of aromatic nitrogens is 1. The lowest BCUT2D eigenvalue weighted by Crippen LogP contribution is -2.35. The molecule has 0 radical (unpaired) electrons. The Labute approximate surface area is 205 Å². The van der Waals surface area contributed by atoms with Crippen molar-refractivity contribution in [3.8, 4) is 5.75 Å². The summed E-state index contributed by atoms with van der Waals surface area (Å²) in [6, 6.07) is 10.4. The van der Waals surface area contributed by atoms with Crippen molar-refractivity contribution >= 4 is 23.5 Å². The zero-order valence-electron chi connectivity index (χ0n) is 20.0. The maximum atomic E-state index is 13.5. The second-order valence-corrected chi connectivity index (χ2v) is 9.36. The quantitative estimate of drug-likeness (QED) is 0.691. The average molecular weight is 465 g/mol. The van der Waals surface area contributed by atoms with Crippen molar-refractivity contribution in [2.24, 2.45) is 0 Å². The number of ether oxygens (including phenoxy) is 1. The number of fused-ring (bicyclic) bond motifs is 3. The molecule has 4 aliphatic rings. The number of benzene rings is 1. The molecule has 0 saturated carbocycles. The number of nitrogens with one attached hydrogen (secondary N) is 1. The minimum atomic E-state index is -0.0345. The highest BCUT2D eigenvalue weighted by Crippen LogP contribution is 2.41. The number of allylic oxidation sites excluding steroid dienone is 3. The molecular formula is C29H28N4O2. The van der Waals surface area contributed by atoms with E-state index in [1.54, 1.807) is 12.3 Å². The van der Waals surface area contributed by atoms with Crippen LogP contribution in [0.1, 0.15) is 23.1 Å². The van der Waals surface area contributed by atoms with Gasteiger partial charge < -0.3 is 19.9 Å². The van der Waals surface area contributed by atoms with E-state index in [1.165, 1.54) is 16.7 Å². The second kappa shape index (κ2) is 8.62. The molecule has 1 amide bonds. The minimum Gasteiger partial charge on any atom is -0.493 e. The van der Waals surface area contributed by atoms with E-state index < -0.39 is 0 Å². The molecule has 0 saturated heterocycles. The van der Waals surface area contributed by atoms with Crippen LogP contribution in [0.4, 0.5) is 5.82 Å². The minimum absolute atomic E-state index is 0.0345. The van der Waals surface area contributed by atoms with Gasteiger partial charge in [-0.15, -0.1) is 0 Å². The molecule has 2 aromatic rings. The molecule has 3 aliphatic heterocycles. The predicted molar refractivity (Wildman–Crippen MR) is 139 cm³/mol. The Morgan fingerprint density at radius 1 is 1.20 bits per heavy atom. The summed E-state index contributed by atoms with van der Waals surface area (Å²) in [5.74, 6) is 1.79. The predicted octanol–water partition coefficient (Wildman–Crippen LogP) is 4.09. The maximum absolute atomic E-state index is 13.5. The Balaban J connectivity index is 1.37. The number of anilines is 1. The van der Waals surface area contributed by atoms with E-state index in [0.29, 0.717) is 13.2 Å². The fourth-order valence-electron chi connectivity index (χ4n) is 5.17. The lowest BCUT2D eigenvalue weighted by Gasteiger charge is -2.32. The van der Waals surface area contributed by atoms with Gasteiger partial charge in [-0.25, -0.2) is 4.98 Å². The Morgan fingerprint density at radius 2 is 2.11 bits per heavy atom. The lowest BCUT2D eigenvalue weighted by atomic mass is 9.93. The zero-order valence-corrected chi connectivity index (χ0v) is 20.0. The molecule has 6 heteroatoms. The van der Waals surface area contributed by atoms with E-state index in [0.717, 1.165) is 46.9 Å². The highest BCUT2D eigenvalue weighted by molar-refractivity contribution is 5.99. The number of hydrogen-bond acceptors (Lipinski definition) is 5. The van der Waals surface area contributed by atoms with Gasteiger partial charge >= 0.3 is 0 Å². The van der Waals surface area contributed by atoms with Gasteiger partial charge in [0.25, 0.3) is 5.91 Å². The summed E-state index contributed by atoms with van der Waals surface area (Å²) in [6.07, 6.45) is 15.5. The Bertz CT molecular complexity index is 1350. The highest BCUT2D eigenvalue weighted by Gasteiger charge is 2.36. The normalized spacial score (nSPS) is 20.1. The van der Waals surface area contributed by atoms with Crippen LogP contribution in [0.25, 0.3) is 11.8 Å². The second-order valence-electron chi connectivity index (χ2n) is 9.36. The van der Waals surface area contributed by atoms with E-state index >= 15 is 0 Å². The van der Waals surface area contributed by atoms with Crippen LogP contribution in [0, 0.1) is 0 Å². The van der Waals surface area contributed by atoms with Crippen molar-refractivity contribution in [1.29, 1.82) is 0 Å². The van der Waals surface area contributed by atoms with Gasteiger partial charge in [-0.3, -0.25) is 4.79 Å². The molecular weight excluding hydrogens is 436 g/mol. The number of nitrogens with zero attached hydrogens (tertiary/aromatic N) is 3. The van der Waals surface area contributed by atoms with Gasteiger partial charge in [0.2, 0.25) is 0 Å². The number of pyridine rings is 1. The van der Waals surface area contributed by atoms with Crippen molar-refractivity contribution in [1.82, 2.24) is 15.2 Å². The van der Waals surface area contributed by atoms with E-state index in [4.69, 9.17) is 4.74 Å². The highest BCUT2D eigenvalue weighted by atomic mass is 16.5. The fraction of sp³-hybridized carbons (Fsp3) is 0.241. The van der Waals surface area contributed by atoms with Crippen LogP contribution in [0.5, 0.6) is 5.75 Å². The first-order valence-electron chi connectivity index (χ1n) is 12.1. The molecule has 4 heterocycles. The SMILES string of the molecule is CN(C)c1ccc(/C=C/C(=O)N2CCC3=C4C=CC=C[C@H]4NC3=C2c2ccc3c(c2)CCO3)cn1. The molecule has 176 valence electrons. The van der Waals surface area contributed by atoms with Crippen LogP contribution >= 0.6 is 0 Å². The van der Waals surface area contributed by atoms with E-state index in [-0.39, 0.29) is 11.9 Å². The van der Waals surface area contributed by atoms with E-state index in [9.17, 15) is 4.79 Å². The third-order valence-electron chi connectivity index (χ3n) is 6.94. The van der Waals surface area contributed by atoms with Gasteiger partial charge in [-0.1, -0.05) is 24.3 Å². The molecule has 1 N–H and O–H groups in total. The van der Waals surface area contributed by atoms with Crippen LogP contribution in [0.15, 0.2) is 83.8 Å². The molecule has 6 nitrogen and oxygen atoms in total. The third kappa shape index (κ3) is 3.85. The molecule has 1 aromatic heterocycles.